The first-order valence-electron chi connectivity index (χ1n) is 8.83. The maximum Gasteiger partial charge on any atom is 0.220 e. The van der Waals surface area contributed by atoms with Gasteiger partial charge >= 0.3 is 0 Å². The average Bonchev–Trinajstić information content (AvgIpc) is 2.95. The van der Waals surface area contributed by atoms with E-state index in [0.717, 1.165) is 32.4 Å². The number of carbonyl (C=O) groups is 1. The van der Waals surface area contributed by atoms with Crippen LogP contribution in [0.1, 0.15) is 29.5 Å². The van der Waals surface area contributed by atoms with Crippen LogP contribution in [0.3, 0.4) is 0 Å². The van der Waals surface area contributed by atoms with E-state index in [2.05, 4.69) is 65.7 Å². The summed E-state index contributed by atoms with van der Waals surface area (Å²) in [7, 11) is 0. The van der Waals surface area contributed by atoms with E-state index in [-0.39, 0.29) is 11.4 Å². The molecule has 0 bridgehead atoms. The Morgan fingerprint density at radius 2 is 1.79 bits per heavy atom. The molecule has 1 amide bonds. The summed E-state index contributed by atoms with van der Waals surface area (Å²) in [5.74, 6) is 0.211. The van der Waals surface area contributed by atoms with E-state index in [1.165, 1.54) is 22.4 Å². The zero-order chi connectivity index (χ0) is 16.6. The van der Waals surface area contributed by atoms with Gasteiger partial charge in [0.25, 0.3) is 0 Å². The Labute approximate surface area is 143 Å². The van der Waals surface area contributed by atoms with Crippen molar-refractivity contribution in [1.29, 1.82) is 0 Å². The van der Waals surface area contributed by atoms with Gasteiger partial charge < -0.3 is 10.2 Å². The highest BCUT2D eigenvalue weighted by molar-refractivity contribution is 5.80. The number of amides is 1. The van der Waals surface area contributed by atoms with Crippen molar-refractivity contribution >= 4 is 11.6 Å². The van der Waals surface area contributed by atoms with Crippen LogP contribution in [-0.4, -0.2) is 24.5 Å². The van der Waals surface area contributed by atoms with Crippen molar-refractivity contribution in [2.75, 3.05) is 18.0 Å². The van der Waals surface area contributed by atoms with Crippen LogP contribution in [0, 0.1) is 6.92 Å². The molecule has 0 saturated carbocycles. The zero-order valence-electron chi connectivity index (χ0n) is 14.2. The fourth-order valence-electron chi connectivity index (χ4n) is 4.03. The fourth-order valence-corrected chi connectivity index (χ4v) is 4.03. The first-order valence-corrected chi connectivity index (χ1v) is 8.83. The highest BCUT2D eigenvalue weighted by Gasteiger charge is 2.47. The molecule has 2 aromatic rings. The second kappa shape index (κ2) is 5.97. The monoisotopic (exact) mass is 320 g/mol. The van der Waals surface area contributed by atoms with Gasteiger partial charge in [0.05, 0.1) is 5.54 Å². The van der Waals surface area contributed by atoms with Gasteiger partial charge in [-0.2, -0.15) is 0 Å². The van der Waals surface area contributed by atoms with Crippen LogP contribution in [0.2, 0.25) is 0 Å². The van der Waals surface area contributed by atoms with E-state index in [1.54, 1.807) is 0 Å². The minimum absolute atomic E-state index is 0.0511. The molecule has 2 heterocycles. The van der Waals surface area contributed by atoms with Crippen molar-refractivity contribution < 1.29 is 4.79 Å². The van der Waals surface area contributed by atoms with E-state index >= 15 is 0 Å². The van der Waals surface area contributed by atoms with Crippen molar-refractivity contribution in [3.05, 3.63) is 65.2 Å². The lowest BCUT2D eigenvalue weighted by Crippen LogP contribution is -2.67. The molecule has 0 atom stereocenters. The quantitative estimate of drug-likeness (QED) is 0.938. The SMILES string of the molecule is Cc1cc(CCc2ccccc2)ccc1N1CC2(CCC(=O)N2)C1. The van der Waals surface area contributed by atoms with Gasteiger partial charge in [-0.05, 0) is 48.9 Å². The number of nitrogens with zero attached hydrogens (tertiary/aromatic N) is 1. The van der Waals surface area contributed by atoms with Crippen molar-refractivity contribution in [2.24, 2.45) is 0 Å². The number of nitrogens with one attached hydrogen (secondary N) is 1. The van der Waals surface area contributed by atoms with Crippen LogP contribution in [0.15, 0.2) is 48.5 Å². The highest BCUT2D eigenvalue weighted by Crippen LogP contribution is 2.35. The Morgan fingerprint density at radius 3 is 2.46 bits per heavy atom. The second-order valence-electron chi connectivity index (χ2n) is 7.29. The van der Waals surface area contributed by atoms with Gasteiger partial charge in [0.1, 0.15) is 0 Å². The fraction of sp³-hybridized carbons (Fsp3) is 0.381. The summed E-state index contributed by atoms with van der Waals surface area (Å²) < 4.78 is 0. The second-order valence-corrected chi connectivity index (χ2v) is 7.29. The van der Waals surface area contributed by atoms with Crippen LogP contribution >= 0.6 is 0 Å². The molecule has 1 N–H and O–H groups in total. The van der Waals surface area contributed by atoms with Crippen molar-refractivity contribution in [3.63, 3.8) is 0 Å². The van der Waals surface area contributed by atoms with Gasteiger partial charge in [0, 0.05) is 25.2 Å². The van der Waals surface area contributed by atoms with E-state index in [9.17, 15) is 4.79 Å². The molecule has 0 aromatic heterocycles. The molecule has 0 aliphatic carbocycles. The zero-order valence-corrected chi connectivity index (χ0v) is 14.2. The molecule has 3 nitrogen and oxygen atoms in total. The minimum Gasteiger partial charge on any atom is -0.366 e. The summed E-state index contributed by atoms with van der Waals surface area (Å²) in [6.07, 6.45) is 3.82. The molecular formula is C21H24N2O. The molecule has 0 radical (unpaired) electrons. The maximum absolute atomic E-state index is 11.5. The Hall–Kier alpha value is -2.29. The lowest BCUT2D eigenvalue weighted by Gasteiger charge is -2.49. The number of carbonyl (C=O) groups excluding carboxylic acids is 1. The van der Waals surface area contributed by atoms with Crippen LogP contribution < -0.4 is 10.2 Å². The Balaban J connectivity index is 1.39. The number of anilines is 1. The van der Waals surface area contributed by atoms with Gasteiger partial charge in [-0.1, -0.05) is 42.5 Å². The molecule has 24 heavy (non-hydrogen) atoms. The molecule has 124 valence electrons. The molecule has 2 saturated heterocycles. The average molecular weight is 320 g/mol. The summed E-state index contributed by atoms with van der Waals surface area (Å²) in [5, 5.41) is 3.16. The largest absolute Gasteiger partial charge is 0.366 e. The van der Waals surface area contributed by atoms with Gasteiger partial charge in [-0.15, -0.1) is 0 Å². The van der Waals surface area contributed by atoms with E-state index < -0.39 is 0 Å². The number of rotatable bonds is 4. The summed E-state index contributed by atoms with van der Waals surface area (Å²) in [4.78, 5) is 13.9. The van der Waals surface area contributed by atoms with Crippen LogP contribution in [-0.2, 0) is 17.6 Å². The van der Waals surface area contributed by atoms with E-state index in [0.29, 0.717) is 6.42 Å². The van der Waals surface area contributed by atoms with Gasteiger partial charge in [0.2, 0.25) is 5.91 Å². The summed E-state index contributed by atoms with van der Waals surface area (Å²) in [6, 6.07) is 17.5. The molecular weight excluding hydrogens is 296 g/mol. The number of hydrogen-bond donors (Lipinski definition) is 1. The predicted octanol–water partition coefficient (Wildman–Crippen LogP) is 3.25. The number of hydrogen-bond acceptors (Lipinski definition) is 2. The smallest absolute Gasteiger partial charge is 0.220 e. The van der Waals surface area contributed by atoms with Crippen molar-refractivity contribution in [1.82, 2.24) is 5.32 Å². The normalized spacial score (nSPS) is 18.5. The van der Waals surface area contributed by atoms with Crippen LogP contribution in [0.5, 0.6) is 0 Å². The van der Waals surface area contributed by atoms with Gasteiger partial charge in [0.15, 0.2) is 0 Å². The number of aryl methyl sites for hydroxylation is 3. The van der Waals surface area contributed by atoms with E-state index in [1.807, 2.05) is 0 Å². The Morgan fingerprint density at radius 1 is 1.04 bits per heavy atom. The third-order valence-electron chi connectivity index (χ3n) is 5.37. The molecule has 2 fully saturated rings. The van der Waals surface area contributed by atoms with Crippen molar-refractivity contribution in [2.45, 2.75) is 38.1 Å². The molecule has 2 aliphatic heterocycles. The molecule has 1 spiro atoms. The minimum atomic E-state index is 0.0511. The molecule has 3 heteroatoms. The molecule has 0 unspecified atom stereocenters. The summed E-state index contributed by atoms with van der Waals surface area (Å²) in [5.41, 5.74) is 5.48. The first kappa shape index (κ1) is 15.3. The number of benzene rings is 2. The lowest BCUT2D eigenvalue weighted by molar-refractivity contribution is -0.119. The summed E-state index contributed by atoms with van der Waals surface area (Å²) in [6.45, 7) is 4.09. The first-order chi connectivity index (χ1) is 11.6. The third kappa shape index (κ3) is 2.91. The third-order valence-corrected chi connectivity index (χ3v) is 5.37. The van der Waals surface area contributed by atoms with Crippen LogP contribution in [0.4, 0.5) is 5.69 Å². The lowest BCUT2D eigenvalue weighted by atomic mass is 9.87. The highest BCUT2D eigenvalue weighted by atomic mass is 16.2. The Bertz CT molecular complexity index is 748. The molecule has 2 aromatic carbocycles. The Kier molecular flexibility index (Phi) is 3.79. The topological polar surface area (TPSA) is 32.3 Å². The predicted molar refractivity (Wildman–Crippen MR) is 97.3 cm³/mol. The van der Waals surface area contributed by atoms with Crippen LogP contribution in [0.25, 0.3) is 0 Å². The standard InChI is InChI=1S/C21H24N2O/c1-16-13-18(8-7-17-5-3-2-4-6-17)9-10-19(16)23-14-21(15-23)12-11-20(24)22-21/h2-6,9-10,13H,7-8,11-12,14-15H2,1H3,(H,22,24). The van der Waals surface area contributed by atoms with Crippen molar-refractivity contribution in [3.8, 4) is 0 Å². The van der Waals surface area contributed by atoms with E-state index in [4.69, 9.17) is 0 Å². The molecule has 4 rings (SSSR count). The molecule has 2 aliphatic rings. The maximum atomic E-state index is 11.5. The van der Waals surface area contributed by atoms with Gasteiger partial charge in [-0.3, -0.25) is 4.79 Å². The summed E-state index contributed by atoms with van der Waals surface area (Å²) >= 11 is 0. The van der Waals surface area contributed by atoms with Gasteiger partial charge in [-0.25, -0.2) is 0 Å².